The van der Waals surface area contributed by atoms with Crippen LogP contribution in [-0.4, -0.2) is 76.8 Å². The van der Waals surface area contributed by atoms with Crippen molar-refractivity contribution in [2.24, 2.45) is 11.3 Å². The van der Waals surface area contributed by atoms with Gasteiger partial charge in [-0.15, -0.1) is 0 Å². The van der Waals surface area contributed by atoms with E-state index in [4.69, 9.17) is 0 Å². The van der Waals surface area contributed by atoms with E-state index in [1.807, 2.05) is 25.2 Å². The lowest BCUT2D eigenvalue weighted by molar-refractivity contribution is -0.139. The summed E-state index contributed by atoms with van der Waals surface area (Å²) in [5, 5.41) is 1.20. The highest BCUT2D eigenvalue weighted by atomic mass is 16.2. The Balaban J connectivity index is 1.37. The van der Waals surface area contributed by atoms with Crippen molar-refractivity contribution >= 4 is 22.7 Å². The van der Waals surface area contributed by atoms with Crippen LogP contribution in [0.4, 0.5) is 0 Å². The van der Waals surface area contributed by atoms with Crippen LogP contribution in [-0.2, 0) is 11.3 Å². The van der Waals surface area contributed by atoms with Crippen LogP contribution in [0, 0.1) is 11.3 Å². The molecule has 7 nitrogen and oxygen atoms in total. The first-order valence-corrected chi connectivity index (χ1v) is 10.7. The third-order valence-electron chi connectivity index (χ3n) is 6.75. The SMILES string of the molecule is CN(C)C(=O)[C@@]12CN(Cc3ccc4cc[nH]c4c3)C[C@@H]1CN(C(=O)c1ccncc1)C2. The first-order chi connectivity index (χ1) is 15.0. The Kier molecular flexibility index (Phi) is 4.78. The molecule has 5 rings (SSSR count). The molecule has 0 aliphatic carbocycles. The lowest BCUT2D eigenvalue weighted by atomic mass is 9.80. The van der Waals surface area contributed by atoms with E-state index in [0.29, 0.717) is 25.2 Å². The van der Waals surface area contributed by atoms with E-state index in [0.717, 1.165) is 18.6 Å². The van der Waals surface area contributed by atoms with Crippen molar-refractivity contribution in [2.75, 3.05) is 40.3 Å². The van der Waals surface area contributed by atoms with Gasteiger partial charge in [0.1, 0.15) is 0 Å². The second kappa shape index (κ2) is 7.50. The average Bonchev–Trinajstić information content (AvgIpc) is 3.45. The number of carbonyl (C=O) groups is 2. The summed E-state index contributed by atoms with van der Waals surface area (Å²) >= 11 is 0. The fourth-order valence-electron chi connectivity index (χ4n) is 5.32. The van der Waals surface area contributed by atoms with Crippen LogP contribution in [0.25, 0.3) is 10.9 Å². The van der Waals surface area contributed by atoms with Crippen molar-refractivity contribution in [3.05, 3.63) is 66.1 Å². The number of likely N-dealkylation sites (tertiary alicyclic amines) is 2. The van der Waals surface area contributed by atoms with Gasteiger partial charge in [0.25, 0.3) is 5.91 Å². The number of hydrogen-bond acceptors (Lipinski definition) is 4. The van der Waals surface area contributed by atoms with Gasteiger partial charge in [-0.1, -0.05) is 12.1 Å². The number of nitrogens with one attached hydrogen (secondary N) is 1. The van der Waals surface area contributed by atoms with Crippen molar-refractivity contribution in [1.29, 1.82) is 0 Å². The first kappa shape index (κ1) is 19.8. The lowest BCUT2D eigenvalue weighted by Crippen LogP contribution is -2.47. The van der Waals surface area contributed by atoms with Crippen molar-refractivity contribution in [3.63, 3.8) is 0 Å². The second-order valence-electron chi connectivity index (χ2n) is 9.04. The number of aromatic amines is 1. The molecule has 1 aromatic carbocycles. The summed E-state index contributed by atoms with van der Waals surface area (Å²) in [6.45, 7) is 3.33. The third-order valence-corrected chi connectivity index (χ3v) is 6.75. The highest BCUT2D eigenvalue weighted by Gasteiger charge is 2.58. The maximum atomic E-state index is 13.3. The van der Waals surface area contributed by atoms with E-state index < -0.39 is 5.41 Å². The monoisotopic (exact) mass is 417 g/mol. The minimum atomic E-state index is -0.553. The normalized spacial score (nSPS) is 23.3. The molecule has 0 bridgehead atoms. The lowest BCUT2D eigenvalue weighted by Gasteiger charge is -2.31. The molecule has 0 spiro atoms. The minimum absolute atomic E-state index is 0.0218. The maximum Gasteiger partial charge on any atom is 0.254 e. The van der Waals surface area contributed by atoms with Crippen molar-refractivity contribution in [2.45, 2.75) is 6.54 Å². The van der Waals surface area contributed by atoms with Gasteiger partial charge in [0.2, 0.25) is 5.91 Å². The van der Waals surface area contributed by atoms with Crippen LogP contribution in [0.5, 0.6) is 0 Å². The molecule has 2 atom stereocenters. The highest BCUT2D eigenvalue weighted by Crippen LogP contribution is 2.44. The van der Waals surface area contributed by atoms with Gasteiger partial charge in [0, 0.05) is 82.4 Å². The van der Waals surface area contributed by atoms with Crippen LogP contribution < -0.4 is 0 Å². The largest absolute Gasteiger partial charge is 0.361 e. The molecule has 0 unspecified atom stereocenters. The summed E-state index contributed by atoms with van der Waals surface area (Å²) in [6.07, 6.45) is 5.22. The summed E-state index contributed by atoms with van der Waals surface area (Å²) < 4.78 is 0. The number of fused-ring (bicyclic) bond motifs is 2. The number of amides is 2. The van der Waals surface area contributed by atoms with E-state index >= 15 is 0 Å². The fourth-order valence-corrected chi connectivity index (χ4v) is 5.32. The number of rotatable bonds is 4. The zero-order chi connectivity index (χ0) is 21.6. The van der Waals surface area contributed by atoms with Crippen molar-refractivity contribution in [3.8, 4) is 0 Å². The Labute approximate surface area is 181 Å². The minimum Gasteiger partial charge on any atom is -0.361 e. The molecular weight excluding hydrogens is 390 g/mol. The molecular formula is C24H27N5O2. The first-order valence-electron chi connectivity index (χ1n) is 10.7. The molecule has 1 N–H and O–H groups in total. The highest BCUT2D eigenvalue weighted by molar-refractivity contribution is 5.95. The van der Waals surface area contributed by atoms with Gasteiger partial charge in [-0.25, -0.2) is 0 Å². The fraction of sp³-hybridized carbons (Fsp3) is 0.375. The summed E-state index contributed by atoms with van der Waals surface area (Å²) in [5.41, 5.74) is 2.43. The van der Waals surface area contributed by atoms with Crippen LogP contribution in [0.3, 0.4) is 0 Å². The molecule has 2 aliphatic heterocycles. The van der Waals surface area contributed by atoms with Crippen molar-refractivity contribution in [1.82, 2.24) is 24.7 Å². The number of aromatic nitrogens is 2. The number of benzene rings is 1. The van der Waals surface area contributed by atoms with Crippen LogP contribution in [0.2, 0.25) is 0 Å². The molecule has 0 radical (unpaired) electrons. The van der Waals surface area contributed by atoms with E-state index in [1.165, 1.54) is 10.9 Å². The Morgan fingerprint density at radius 3 is 2.71 bits per heavy atom. The van der Waals surface area contributed by atoms with E-state index in [9.17, 15) is 9.59 Å². The molecule has 31 heavy (non-hydrogen) atoms. The molecule has 2 aliphatic rings. The quantitative estimate of drug-likeness (QED) is 0.707. The Bertz CT molecular complexity index is 1130. The van der Waals surface area contributed by atoms with Gasteiger partial charge < -0.3 is 14.8 Å². The van der Waals surface area contributed by atoms with Gasteiger partial charge >= 0.3 is 0 Å². The zero-order valence-corrected chi connectivity index (χ0v) is 17.9. The molecule has 0 saturated carbocycles. The van der Waals surface area contributed by atoms with Gasteiger partial charge in [0.05, 0.1) is 5.41 Å². The van der Waals surface area contributed by atoms with E-state index in [-0.39, 0.29) is 17.7 Å². The summed E-state index contributed by atoms with van der Waals surface area (Å²) in [6, 6.07) is 12.0. The smallest absolute Gasteiger partial charge is 0.254 e. The molecule has 2 amide bonds. The summed E-state index contributed by atoms with van der Waals surface area (Å²) in [7, 11) is 3.62. The summed E-state index contributed by atoms with van der Waals surface area (Å²) in [5.74, 6) is 0.221. The molecule has 2 saturated heterocycles. The molecule has 3 aromatic rings. The number of carbonyl (C=O) groups excluding carboxylic acids is 2. The predicted molar refractivity (Wildman–Crippen MR) is 118 cm³/mol. The number of H-pyrrole nitrogens is 1. The van der Waals surface area contributed by atoms with Crippen LogP contribution in [0.1, 0.15) is 15.9 Å². The van der Waals surface area contributed by atoms with E-state index in [1.54, 1.807) is 29.4 Å². The second-order valence-corrected chi connectivity index (χ2v) is 9.04. The molecule has 2 fully saturated rings. The molecule has 7 heteroatoms. The predicted octanol–water partition coefficient (Wildman–Crippen LogP) is 2.23. The topological polar surface area (TPSA) is 72.5 Å². The summed E-state index contributed by atoms with van der Waals surface area (Å²) in [4.78, 5) is 39.5. The van der Waals surface area contributed by atoms with Crippen LogP contribution in [0.15, 0.2) is 55.0 Å². The van der Waals surface area contributed by atoms with Crippen molar-refractivity contribution < 1.29 is 9.59 Å². The number of nitrogens with zero attached hydrogens (tertiary/aromatic N) is 4. The Morgan fingerprint density at radius 1 is 1.13 bits per heavy atom. The van der Waals surface area contributed by atoms with E-state index in [2.05, 4.69) is 39.1 Å². The zero-order valence-electron chi connectivity index (χ0n) is 17.9. The van der Waals surface area contributed by atoms with Gasteiger partial charge in [0.15, 0.2) is 0 Å². The van der Waals surface area contributed by atoms with Gasteiger partial charge in [-0.05, 0) is 35.2 Å². The Morgan fingerprint density at radius 2 is 1.94 bits per heavy atom. The van der Waals surface area contributed by atoms with Gasteiger partial charge in [-0.3, -0.25) is 19.5 Å². The van der Waals surface area contributed by atoms with Gasteiger partial charge in [-0.2, -0.15) is 0 Å². The third kappa shape index (κ3) is 3.39. The maximum absolute atomic E-state index is 13.3. The Hall–Kier alpha value is -3.19. The van der Waals surface area contributed by atoms with Crippen LogP contribution >= 0.6 is 0 Å². The standard InChI is InChI=1S/C24H27N5O2/c1-27(2)23(31)24-15-28(12-17-3-4-18-7-10-26-21(18)11-17)13-20(24)14-29(16-24)22(30)19-5-8-25-9-6-19/h3-11,20,26H,12-16H2,1-2H3/t20-,24-/m1/s1. The number of pyridine rings is 1. The molecule has 160 valence electrons. The number of hydrogen-bond donors (Lipinski definition) is 1. The molecule has 4 heterocycles. The average molecular weight is 418 g/mol. The molecule has 2 aromatic heterocycles.